The van der Waals surface area contributed by atoms with Gasteiger partial charge >= 0.3 is 6.18 Å². The Labute approximate surface area is 139 Å². The number of halogens is 4. The molecule has 1 aromatic carbocycles. The van der Waals surface area contributed by atoms with Crippen molar-refractivity contribution in [1.29, 1.82) is 0 Å². The van der Waals surface area contributed by atoms with Crippen LogP contribution in [-0.4, -0.2) is 31.8 Å². The number of hydrogen-bond donors (Lipinski definition) is 2. The molecular formula is C15H20ClF3N2O2. The first-order valence-corrected chi connectivity index (χ1v) is 7.08. The zero-order chi connectivity index (χ0) is 16.3. The molecule has 0 spiro atoms. The van der Waals surface area contributed by atoms with Crippen molar-refractivity contribution < 1.29 is 22.7 Å². The second-order valence-electron chi connectivity index (χ2n) is 5.60. The maximum Gasteiger partial charge on any atom is 0.422 e. The lowest BCUT2D eigenvalue weighted by atomic mass is 9.88. The molecule has 1 heterocycles. The Hall–Kier alpha value is -1.47. The predicted molar refractivity (Wildman–Crippen MR) is 84.1 cm³/mol. The molecule has 1 atom stereocenters. The van der Waals surface area contributed by atoms with E-state index >= 15 is 0 Å². The lowest BCUT2D eigenvalue weighted by molar-refractivity contribution is -0.153. The maximum atomic E-state index is 12.3. The summed E-state index contributed by atoms with van der Waals surface area (Å²) in [5, 5.41) is 5.75. The summed E-state index contributed by atoms with van der Waals surface area (Å²) in [6.07, 6.45) is -4.42. The minimum Gasteiger partial charge on any atom is -0.482 e. The standard InChI is InChI=1S/C15H19F3N2O2.ClH/c1-9-3-4-12(13(5-9)22-8-15(16,17)18)20-14(21)10(2)11-6-19-7-11;/h3-5,10-11,19H,6-8H2,1-2H3,(H,20,21);1H. The summed E-state index contributed by atoms with van der Waals surface area (Å²) in [4.78, 5) is 12.2. The number of nitrogens with one attached hydrogen (secondary N) is 2. The lowest BCUT2D eigenvalue weighted by Crippen LogP contribution is -2.48. The molecule has 23 heavy (non-hydrogen) atoms. The van der Waals surface area contributed by atoms with Crippen molar-refractivity contribution in [2.24, 2.45) is 11.8 Å². The van der Waals surface area contributed by atoms with Crippen molar-refractivity contribution in [2.75, 3.05) is 25.0 Å². The van der Waals surface area contributed by atoms with Gasteiger partial charge in [0, 0.05) is 5.92 Å². The minimum absolute atomic E-state index is 0. The van der Waals surface area contributed by atoms with Crippen LogP contribution >= 0.6 is 12.4 Å². The molecule has 2 rings (SSSR count). The Kier molecular flexibility index (Phi) is 6.70. The molecule has 4 nitrogen and oxygen atoms in total. The molecular weight excluding hydrogens is 333 g/mol. The number of ether oxygens (including phenoxy) is 1. The molecule has 0 saturated carbocycles. The number of anilines is 1. The number of benzene rings is 1. The molecule has 130 valence electrons. The van der Waals surface area contributed by atoms with Crippen LogP contribution in [0.1, 0.15) is 12.5 Å². The van der Waals surface area contributed by atoms with Gasteiger partial charge in [0.1, 0.15) is 5.75 Å². The molecule has 1 fully saturated rings. The highest BCUT2D eigenvalue weighted by atomic mass is 35.5. The molecule has 1 aliphatic heterocycles. The predicted octanol–water partition coefficient (Wildman–Crippen LogP) is 3.15. The summed E-state index contributed by atoms with van der Waals surface area (Å²) in [5.41, 5.74) is 1.02. The number of hydrogen-bond acceptors (Lipinski definition) is 3. The SMILES string of the molecule is Cc1ccc(NC(=O)C(C)C2CNC2)c(OCC(F)(F)F)c1.Cl. The number of carbonyl (C=O) groups is 1. The van der Waals surface area contributed by atoms with Crippen LogP contribution < -0.4 is 15.4 Å². The molecule has 1 amide bonds. The van der Waals surface area contributed by atoms with Gasteiger partial charge in [0.2, 0.25) is 5.91 Å². The first-order chi connectivity index (χ1) is 10.3. The second kappa shape index (κ2) is 7.88. The molecule has 0 aliphatic carbocycles. The van der Waals surface area contributed by atoms with Gasteiger partial charge in [0.05, 0.1) is 5.69 Å². The number of alkyl halides is 3. The maximum absolute atomic E-state index is 12.3. The largest absolute Gasteiger partial charge is 0.482 e. The van der Waals surface area contributed by atoms with Gasteiger partial charge in [-0.2, -0.15) is 13.2 Å². The first kappa shape index (κ1) is 19.6. The van der Waals surface area contributed by atoms with Crippen molar-refractivity contribution >= 4 is 24.0 Å². The van der Waals surface area contributed by atoms with Gasteiger partial charge in [-0.05, 0) is 43.6 Å². The van der Waals surface area contributed by atoms with E-state index < -0.39 is 12.8 Å². The highest BCUT2D eigenvalue weighted by molar-refractivity contribution is 5.94. The Bertz CT molecular complexity index is 548. The molecule has 0 aromatic heterocycles. The van der Waals surface area contributed by atoms with E-state index in [1.807, 2.05) is 6.92 Å². The number of rotatable bonds is 5. The monoisotopic (exact) mass is 352 g/mol. The Morgan fingerprint density at radius 2 is 2.09 bits per heavy atom. The van der Waals surface area contributed by atoms with Gasteiger partial charge in [-0.25, -0.2) is 0 Å². The van der Waals surface area contributed by atoms with E-state index in [-0.39, 0.29) is 41.6 Å². The van der Waals surface area contributed by atoms with Gasteiger partial charge in [0.15, 0.2) is 6.61 Å². The zero-order valence-electron chi connectivity index (χ0n) is 12.9. The van der Waals surface area contributed by atoms with Crippen LogP contribution in [-0.2, 0) is 4.79 Å². The fourth-order valence-electron chi connectivity index (χ4n) is 2.14. The molecule has 0 radical (unpaired) electrons. The molecule has 2 N–H and O–H groups in total. The zero-order valence-corrected chi connectivity index (χ0v) is 13.7. The first-order valence-electron chi connectivity index (χ1n) is 7.08. The van der Waals surface area contributed by atoms with Crippen LogP contribution in [0.4, 0.5) is 18.9 Å². The number of carbonyl (C=O) groups excluding carboxylic acids is 1. The van der Waals surface area contributed by atoms with Crippen LogP contribution in [0.15, 0.2) is 18.2 Å². The Balaban J connectivity index is 0.00000264. The summed E-state index contributed by atoms with van der Waals surface area (Å²) in [6.45, 7) is 3.72. The molecule has 8 heteroatoms. The molecule has 1 aromatic rings. The molecule has 0 bridgehead atoms. The van der Waals surface area contributed by atoms with Gasteiger partial charge in [0.25, 0.3) is 0 Å². The fraction of sp³-hybridized carbons (Fsp3) is 0.533. The van der Waals surface area contributed by atoms with Crippen LogP contribution in [0.5, 0.6) is 5.75 Å². The van der Waals surface area contributed by atoms with E-state index in [0.29, 0.717) is 0 Å². The second-order valence-corrected chi connectivity index (χ2v) is 5.60. The Morgan fingerprint density at radius 3 is 2.61 bits per heavy atom. The molecule has 1 saturated heterocycles. The highest BCUT2D eigenvalue weighted by Gasteiger charge is 2.30. The van der Waals surface area contributed by atoms with Crippen molar-refractivity contribution in [1.82, 2.24) is 5.32 Å². The topological polar surface area (TPSA) is 50.4 Å². The van der Waals surface area contributed by atoms with Crippen LogP contribution in [0.25, 0.3) is 0 Å². The fourth-order valence-corrected chi connectivity index (χ4v) is 2.14. The van der Waals surface area contributed by atoms with Crippen LogP contribution in [0.3, 0.4) is 0 Å². The lowest BCUT2D eigenvalue weighted by Gasteiger charge is -2.31. The van der Waals surface area contributed by atoms with E-state index in [0.717, 1.165) is 18.7 Å². The smallest absolute Gasteiger partial charge is 0.422 e. The number of amides is 1. The summed E-state index contributed by atoms with van der Waals surface area (Å²) >= 11 is 0. The molecule has 1 unspecified atom stereocenters. The third-order valence-corrected chi connectivity index (χ3v) is 3.72. The van der Waals surface area contributed by atoms with E-state index in [1.54, 1.807) is 19.1 Å². The van der Waals surface area contributed by atoms with Crippen molar-refractivity contribution in [3.63, 3.8) is 0 Å². The van der Waals surface area contributed by atoms with Crippen LogP contribution in [0.2, 0.25) is 0 Å². The van der Waals surface area contributed by atoms with Gasteiger partial charge in [-0.15, -0.1) is 12.4 Å². The number of aryl methyl sites for hydroxylation is 1. The average molecular weight is 353 g/mol. The quantitative estimate of drug-likeness (QED) is 0.856. The van der Waals surface area contributed by atoms with E-state index in [4.69, 9.17) is 4.74 Å². The van der Waals surface area contributed by atoms with Gasteiger partial charge < -0.3 is 15.4 Å². The average Bonchev–Trinajstić information content (AvgIpc) is 2.36. The minimum atomic E-state index is -4.42. The van der Waals surface area contributed by atoms with Crippen molar-refractivity contribution in [2.45, 2.75) is 20.0 Å². The van der Waals surface area contributed by atoms with Gasteiger partial charge in [-0.1, -0.05) is 13.0 Å². The Morgan fingerprint density at radius 1 is 1.43 bits per heavy atom. The summed E-state index contributed by atoms with van der Waals surface area (Å²) in [7, 11) is 0. The van der Waals surface area contributed by atoms with Crippen molar-refractivity contribution in [3.8, 4) is 5.75 Å². The summed E-state index contributed by atoms with van der Waals surface area (Å²) in [5.74, 6) is -0.139. The summed E-state index contributed by atoms with van der Waals surface area (Å²) in [6, 6.07) is 4.76. The normalized spacial score (nSPS) is 16.0. The van der Waals surface area contributed by atoms with E-state index in [2.05, 4.69) is 10.6 Å². The van der Waals surface area contributed by atoms with E-state index in [1.165, 1.54) is 6.07 Å². The highest BCUT2D eigenvalue weighted by Crippen LogP contribution is 2.29. The van der Waals surface area contributed by atoms with Crippen LogP contribution in [0, 0.1) is 18.8 Å². The summed E-state index contributed by atoms with van der Waals surface area (Å²) < 4.78 is 41.7. The third kappa shape index (κ3) is 5.58. The van der Waals surface area contributed by atoms with E-state index in [9.17, 15) is 18.0 Å². The van der Waals surface area contributed by atoms with Crippen molar-refractivity contribution in [3.05, 3.63) is 23.8 Å². The third-order valence-electron chi connectivity index (χ3n) is 3.72. The van der Waals surface area contributed by atoms with Gasteiger partial charge in [-0.3, -0.25) is 4.79 Å². The molecule has 1 aliphatic rings.